The van der Waals surface area contributed by atoms with Crippen LogP contribution in [0.3, 0.4) is 0 Å². The average Bonchev–Trinajstić information content (AvgIpc) is 3.21. The van der Waals surface area contributed by atoms with Gasteiger partial charge in [0.2, 0.25) is 17.7 Å². The summed E-state index contributed by atoms with van der Waals surface area (Å²) < 4.78 is 0. The molecule has 1 heterocycles. The molecule has 30 heavy (non-hydrogen) atoms. The van der Waals surface area contributed by atoms with Gasteiger partial charge in [-0.3, -0.25) is 19.2 Å². The first kappa shape index (κ1) is 25.3. The summed E-state index contributed by atoms with van der Waals surface area (Å²) >= 11 is 0. The second kappa shape index (κ2) is 12.8. The summed E-state index contributed by atoms with van der Waals surface area (Å²) in [5.41, 5.74) is 5.37. The lowest BCUT2D eigenvalue weighted by Gasteiger charge is -2.23. The van der Waals surface area contributed by atoms with E-state index in [2.05, 4.69) is 21.3 Å². The van der Waals surface area contributed by atoms with Gasteiger partial charge in [0.15, 0.2) is 0 Å². The van der Waals surface area contributed by atoms with Crippen molar-refractivity contribution in [2.75, 3.05) is 13.1 Å². The first-order valence-electron chi connectivity index (χ1n) is 9.94. The topological polar surface area (TPSA) is 200 Å². The molecule has 8 N–H and O–H groups in total. The third-order valence-corrected chi connectivity index (χ3v) is 4.70. The fourth-order valence-corrected chi connectivity index (χ4v) is 2.99. The van der Waals surface area contributed by atoms with Crippen LogP contribution in [0.5, 0.6) is 0 Å². The molecule has 4 unspecified atom stereocenters. The van der Waals surface area contributed by atoms with Crippen molar-refractivity contribution in [3.63, 3.8) is 0 Å². The van der Waals surface area contributed by atoms with E-state index in [4.69, 9.17) is 10.8 Å². The summed E-state index contributed by atoms with van der Waals surface area (Å²) in [6.07, 6.45) is 1.90. The van der Waals surface area contributed by atoms with Crippen LogP contribution in [0.1, 0.15) is 45.4 Å². The Morgan fingerprint density at radius 3 is 2.23 bits per heavy atom. The molecule has 1 saturated heterocycles. The normalized spacial score (nSPS) is 18.7. The standard InChI is InChI=1S/C18H31N5O7/c1-10(21-16(27)11-6-4-8-20-11)15(26)23-13(9-14(24)25)17(28)22-12(18(29)30)5-2-3-7-19/h10-13,20H,2-9,19H2,1H3,(H,21,27)(H,22,28)(H,23,26)(H,24,25)(H,29,30). The highest BCUT2D eigenvalue weighted by atomic mass is 16.4. The Labute approximate surface area is 174 Å². The van der Waals surface area contributed by atoms with Gasteiger partial charge in [0.05, 0.1) is 12.5 Å². The van der Waals surface area contributed by atoms with E-state index in [1.807, 2.05) is 0 Å². The van der Waals surface area contributed by atoms with Gasteiger partial charge in [-0.1, -0.05) is 0 Å². The number of carboxylic acid groups (broad SMARTS) is 2. The van der Waals surface area contributed by atoms with E-state index in [9.17, 15) is 29.1 Å². The van der Waals surface area contributed by atoms with Crippen molar-refractivity contribution in [1.29, 1.82) is 0 Å². The van der Waals surface area contributed by atoms with Crippen LogP contribution in [-0.4, -0.2) is 77.1 Å². The van der Waals surface area contributed by atoms with Gasteiger partial charge in [-0.05, 0) is 52.1 Å². The van der Waals surface area contributed by atoms with Crippen molar-refractivity contribution in [2.24, 2.45) is 5.73 Å². The Hall–Kier alpha value is -2.73. The van der Waals surface area contributed by atoms with Crippen LogP contribution in [0.25, 0.3) is 0 Å². The van der Waals surface area contributed by atoms with E-state index in [0.29, 0.717) is 32.4 Å². The summed E-state index contributed by atoms with van der Waals surface area (Å²) in [6, 6.07) is -4.13. The second-order valence-corrected chi connectivity index (χ2v) is 7.22. The molecule has 1 aliphatic heterocycles. The quantitative estimate of drug-likeness (QED) is 0.160. The molecule has 4 atom stereocenters. The predicted octanol–water partition coefficient (Wildman–Crippen LogP) is -2.10. The van der Waals surface area contributed by atoms with Crippen LogP contribution in [0.2, 0.25) is 0 Å². The van der Waals surface area contributed by atoms with Gasteiger partial charge >= 0.3 is 11.9 Å². The Kier molecular flexibility index (Phi) is 10.8. The molecule has 0 aromatic carbocycles. The molecular formula is C18H31N5O7. The molecule has 1 fully saturated rings. The molecule has 0 aromatic heterocycles. The maximum Gasteiger partial charge on any atom is 0.326 e. The van der Waals surface area contributed by atoms with Crippen molar-refractivity contribution in [2.45, 2.75) is 69.6 Å². The molecule has 170 valence electrons. The van der Waals surface area contributed by atoms with Crippen molar-refractivity contribution in [3.8, 4) is 0 Å². The lowest BCUT2D eigenvalue weighted by atomic mass is 10.1. The third-order valence-electron chi connectivity index (χ3n) is 4.70. The highest BCUT2D eigenvalue weighted by Crippen LogP contribution is 2.06. The van der Waals surface area contributed by atoms with Crippen LogP contribution in [0.15, 0.2) is 0 Å². The molecule has 0 aliphatic carbocycles. The van der Waals surface area contributed by atoms with Gasteiger partial charge in [0.25, 0.3) is 0 Å². The van der Waals surface area contributed by atoms with Gasteiger partial charge in [-0.25, -0.2) is 4.79 Å². The van der Waals surface area contributed by atoms with E-state index in [1.54, 1.807) is 0 Å². The number of nitrogens with one attached hydrogen (secondary N) is 4. The fourth-order valence-electron chi connectivity index (χ4n) is 2.99. The number of hydrogen-bond acceptors (Lipinski definition) is 7. The SMILES string of the molecule is CC(NC(=O)C1CCCN1)C(=O)NC(CC(=O)O)C(=O)NC(CCCCN)C(=O)O. The highest BCUT2D eigenvalue weighted by molar-refractivity contribution is 5.95. The average molecular weight is 429 g/mol. The van der Waals surface area contributed by atoms with E-state index < -0.39 is 54.3 Å². The monoisotopic (exact) mass is 429 g/mol. The summed E-state index contributed by atoms with van der Waals surface area (Å²) in [5.74, 6) is -4.66. The van der Waals surface area contributed by atoms with E-state index in [0.717, 1.165) is 6.42 Å². The number of carbonyl (C=O) groups is 5. The molecule has 1 aliphatic rings. The van der Waals surface area contributed by atoms with Crippen LogP contribution in [0.4, 0.5) is 0 Å². The third kappa shape index (κ3) is 8.74. The smallest absolute Gasteiger partial charge is 0.326 e. The van der Waals surface area contributed by atoms with Gasteiger partial charge in [-0.15, -0.1) is 0 Å². The number of rotatable bonds is 13. The number of carbonyl (C=O) groups excluding carboxylic acids is 3. The van der Waals surface area contributed by atoms with Crippen LogP contribution >= 0.6 is 0 Å². The Balaban J connectivity index is 2.70. The molecule has 12 heteroatoms. The lowest BCUT2D eigenvalue weighted by Crippen LogP contribution is -2.56. The zero-order valence-corrected chi connectivity index (χ0v) is 17.0. The molecule has 0 radical (unpaired) electrons. The summed E-state index contributed by atoms with van der Waals surface area (Å²) in [4.78, 5) is 59.4. The predicted molar refractivity (Wildman–Crippen MR) is 105 cm³/mol. The number of carboxylic acids is 2. The van der Waals surface area contributed by atoms with Crippen LogP contribution in [0, 0.1) is 0 Å². The minimum atomic E-state index is -1.49. The molecule has 0 saturated carbocycles. The lowest BCUT2D eigenvalue weighted by molar-refractivity contribution is -0.143. The molecular weight excluding hydrogens is 398 g/mol. The van der Waals surface area contributed by atoms with Gasteiger partial charge in [0, 0.05) is 0 Å². The van der Waals surface area contributed by atoms with Crippen molar-refractivity contribution >= 4 is 29.7 Å². The number of aliphatic carboxylic acids is 2. The summed E-state index contributed by atoms with van der Waals surface area (Å²) in [5, 5.41) is 28.3. The van der Waals surface area contributed by atoms with Crippen molar-refractivity contribution in [1.82, 2.24) is 21.3 Å². The maximum absolute atomic E-state index is 12.4. The molecule has 12 nitrogen and oxygen atoms in total. The zero-order chi connectivity index (χ0) is 22.7. The van der Waals surface area contributed by atoms with Gasteiger partial charge < -0.3 is 37.2 Å². The van der Waals surface area contributed by atoms with E-state index in [1.165, 1.54) is 6.92 Å². The first-order valence-corrected chi connectivity index (χ1v) is 9.94. The molecule has 0 bridgehead atoms. The number of hydrogen-bond donors (Lipinski definition) is 7. The molecule has 0 aromatic rings. The Bertz CT molecular complexity index is 636. The van der Waals surface area contributed by atoms with Crippen LogP contribution in [-0.2, 0) is 24.0 Å². The summed E-state index contributed by atoms with van der Waals surface area (Å²) in [7, 11) is 0. The number of nitrogens with two attached hydrogens (primary N) is 1. The Morgan fingerprint density at radius 2 is 1.70 bits per heavy atom. The zero-order valence-electron chi connectivity index (χ0n) is 17.0. The fraction of sp³-hybridized carbons (Fsp3) is 0.722. The second-order valence-electron chi connectivity index (χ2n) is 7.22. The van der Waals surface area contributed by atoms with E-state index >= 15 is 0 Å². The minimum Gasteiger partial charge on any atom is -0.481 e. The van der Waals surface area contributed by atoms with Crippen molar-refractivity contribution in [3.05, 3.63) is 0 Å². The van der Waals surface area contributed by atoms with Crippen molar-refractivity contribution < 1.29 is 34.2 Å². The van der Waals surface area contributed by atoms with E-state index in [-0.39, 0.29) is 12.3 Å². The van der Waals surface area contributed by atoms with Gasteiger partial charge in [-0.2, -0.15) is 0 Å². The minimum absolute atomic E-state index is 0.118. The molecule has 0 spiro atoms. The molecule has 3 amide bonds. The van der Waals surface area contributed by atoms with Gasteiger partial charge in [0.1, 0.15) is 18.1 Å². The highest BCUT2D eigenvalue weighted by Gasteiger charge is 2.30. The van der Waals surface area contributed by atoms with Crippen LogP contribution < -0.4 is 27.0 Å². The maximum atomic E-state index is 12.4. The number of amides is 3. The number of unbranched alkanes of at least 4 members (excludes halogenated alkanes) is 1. The Morgan fingerprint density at radius 1 is 1.03 bits per heavy atom. The largest absolute Gasteiger partial charge is 0.481 e. The first-order chi connectivity index (χ1) is 14.1. The summed E-state index contributed by atoms with van der Waals surface area (Å²) in [6.45, 7) is 2.48. The molecule has 1 rings (SSSR count).